The van der Waals surface area contributed by atoms with Gasteiger partial charge in [0.2, 0.25) is 16.9 Å². The van der Waals surface area contributed by atoms with Gasteiger partial charge in [-0.3, -0.25) is 19.9 Å². The maximum absolute atomic E-state index is 13.1. The number of nitrogens with zero attached hydrogens (tertiary/aromatic N) is 7. The molecule has 14 heteroatoms. The molecule has 0 spiro atoms. The number of aromatic nitrogens is 5. The lowest BCUT2D eigenvalue weighted by Crippen LogP contribution is -2.29. The van der Waals surface area contributed by atoms with Crippen LogP contribution in [-0.4, -0.2) is 75.9 Å². The molecule has 2 fully saturated rings. The van der Waals surface area contributed by atoms with Crippen LogP contribution in [0, 0.1) is 6.92 Å². The van der Waals surface area contributed by atoms with E-state index >= 15 is 0 Å². The number of pyridine rings is 1. The number of nitrogens with one attached hydrogen (secondary N) is 1. The van der Waals surface area contributed by atoms with E-state index in [9.17, 15) is 9.59 Å². The standard InChI is InChI=1S/C26H24N6O5S.C7H10N2/c1-14-28-29-23(35-14)15-5-7-18(8-6-15)36-19-11-17(12-20(13-19)37-21-9-10-32(2)25(21)34)22(33)27-26-31-30-24(38-26)16-3-4-16;1-9(2)7-3-5-8-6-4-7/h5-8,11-13,16,21H,3-4,9-10H2,1-2H3,(H,27,31,33);3-6H,1-2H3. The van der Waals surface area contributed by atoms with E-state index in [1.165, 1.54) is 17.0 Å². The molecule has 1 N–H and O–H groups in total. The average molecular weight is 655 g/mol. The van der Waals surface area contributed by atoms with Gasteiger partial charge in [-0.1, -0.05) is 11.3 Å². The Kier molecular flexibility index (Phi) is 9.38. The van der Waals surface area contributed by atoms with Gasteiger partial charge in [-0.05, 0) is 61.4 Å². The SMILES string of the molecule is CN(C)c1ccncc1.Cc1nnc(-c2ccc(Oc3cc(OC4CCN(C)C4=O)cc(C(=O)Nc4nnc(C5CC5)s4)c3)cc2)o1. The first-order valence-electron chi connectivity index (χ1n) is 15.1. The number of carbonyl (C=O) groups is 2. The molecule has 1 unspecified atom stereocenters. The molecule has 47 heavy (non-hydrogen) atoms. The van der Waals surface area contributed by atoms with E-state index < -0.39 is 6.10 Å². The highest BCUT2D eigenvalue weighted by atomic mass is 32.1. The number of likely N-dealkylation sites (N-methyl/N-ethyl adjacent to an activating group) is 1. The molecule has 5 aromatic rings. The third kappa shape index (κ3) is 8.08. The molecular weight excluding hydrogens is 620 g/mol. The highest BCUT2D eigenvalue weighted by molar-refractivity contribution is 7.15. The molecule has 13 nitrogen and oxygen atoms in total. The zero-order valence-corrected chi connectivity index (χ0v) is 27.2. The molecule has 2 aromatic carbocycles. The average Bonchev–Trinajstić information content (AvgIpc) is 3.53. The van der Waals surface area contributed by atoms with Gasteiger partial charge in [0, 0.05) is 82.2 Å². The summed E-state index contributed by atoms with van der Waals surface area (Å²) in [4.78, 5) is 33.1. The molecule has 2 aliphatic rings. The van der Waals surface area contributed by atoms with Crippen molar-refractivity contribution >= 4 is 34.0 Å². The summed E-state index contributed by atoms with van der Waals surface area (Å²) >= 11 is 1.38. The zero-order valence-electron chi connectivity index (χ0n) is 26.4. The van der Waals surface area contributed by atoms with Crippen molar-refractivity contribution in [1.82, 2.24) is 30.3 Å². The molecule has 1 saturated carbocycles. The number of hydrogen-bond donors (Lipinski definition) is 1. The van der Waals surface area contributed by atoms with E-state index in [-0.39, 0.29) is 11.8 Å². The molecule has 1 aliphatic carbocycles. The van der Waals surface area contributed by atoms with E-state index in [2.05, 4.69) is 30.7 Å². The van der Waals surface area contributed by atoms with Crippen LogP contribution in [0.1, 0.15) is 46.4 Å². The van der Waals surface area contributed by atoms with Crippen LogP contribution < -0.4 is 19.7 Å². The van der Waals surface area contributed by atoms with Crippen molar-refractivity contribution in [3.63, 3.8) is 0 Å². The molecule has 4 heterocycles. The van der Waals surface area contributed by atoms with Crippen LogP contribution in [0.4, 0.5) is 10.8 Å². The molecule has 3 aromatic heterocycles. The van der Waals surface area contributed by atoms with Crippen LogP contribution in [0.15, 0.2) is 71.4 Å². The zero-order chi connectivity index (χ0) is 32.9. The fourth-order valence-electron chi connectivity index (χ4n) is 4.70. The van der Waals surface area contributed by atoms with Gasteiger partial charge < -0.3 is 23.7 Å². The fraction of sp³-hybridized carbons (Fsp3) is 0.303. The number of benzene rings is 2. The minimum atomic E-state index is -0.618. The van der Waals surface area contributed by atoms with Crippen molar-refractivity contribution in [3.8, 4) is 28.7 Å². The molecule has 7 rings (SSSR count). The smallest absolute Gasteiger partial charge is 0.263 e. The van der Waals surface area contributed by atoms with Gasteiger partial charge in [-0.2, -0.15) is 0 Å². The van der Waals surface area contributed by atoms with Crippen LogP contribution in [0.25, 0.3) is 11.5 Å². The van der Waals surface area contributed by atoms with E-state index in [4.69, 9.17) is 13.9 Å². The number of hydrogen-bond acceptors (Lipinski definition) is 12. The molecule has 1 atom stereocenters. The molecular formula is C33H34N8O5S. The summed E-state index contributed by atoms with van der Waals surface area (Å²) in [6.45, 7) is 2.34. The van der Waals surface area contributed by atoms with Crippen LogP contribution in [-0.2, 0) is 4.79 Å². The van der Waals surface area contributed by atoms with E-state index in [0.29, 0.717) is 58.6 Å². The minimum absolute atomic E-state index is 0.101. The van der Waals surface area contributed by atoms with Crippen molar-refractivity contribution in [2.75, 3.05) is 37.9 Å². The topological polar surface area (TPSA) is 149 Å². The van der Waals surface area contributed by atoms with Gasteiger partial charge in [0.25, 0.3) is 11.8 Å². The summed E-state index contributed by atoms with van der Waals surface area (Å²) in [6.07, 6.45) is 5.73. The van der Waals surface area contributed by atoms with E-state index in [1.807, 2.05) is 31.1 Å². The lowest BCUT2D eigenvalue weighted by atomic mass is 10.1. The Labute approximate surface area is 275 Å². The molecule has 1 saturated heterocycles. The second kappa shape index (κ2) is 14.0. The Balaban J connectivity index is 0.000000373. The molecule has 1 aliphatic heterocycles. The first kappa shape index (κ1) is 31.6. The molecule has 0 radical (unpaired) electrons. The lowest BCUT2D eigenvalue weighted by molar-refractivity contribution is -0.132. The van der Waals surface area contributed by atoms with Gasteiger partial charge in [0.1, 0.15) is 22.3 Å². The second-order valence-electron chi connectivity index (χ2n) is 11.4. The lowest BCUT2D eigenvalue weighted by Gasteiger charge is -2.15. The minimum Gasteiger partial charge on any atom is -0.480 e. The Morgan fingerprint density at radius 1 is 0.957 bits per heavy atom. The van der Waals surface area contributed by atoms with Crippen molar-refractivity contribution < 1.29 is 23.5 Å². The molecule has 2 amide bonds. The predicted molar refractivity (Wildman–Crippen MR) is 176 cm³/mol. The number of amides is 2. The highest BCUT2D eigenvalue weighted by Gasteiger charge is 2.31. The number of rotatable bonds is 9. The number of ether oxygens (including phenoxy) is 2. The summed E-state index contributed by atoms with van der Waals surface area (Å²) in [5, 5.41) is 20.3. The first-order valence-corrected chi connectivity index (χ1v) is 15.9. The Hall–Kier alpha value is -5.37. The molecule has 242 valence electrons. The predicted octanol–water partition coefficient (Wildman–Crippen LogP) is 5.58. The number of carbonyl (C=O) groups excluding carboxylic acids is 2. The summed E-state index contributed by atoms with van der Waals surface area (Å²) in [7, 11) is 5.76. The Morgan fingerprint density at radius 2 is 1.70 bits per heavy atom. The third-order valence-corrected chi connectivity index (χ3v) is 8.43. The second-order valence-corrected chi connectivity index (χ2v) is 12.4. The largest absolute Gasteiger partial charge is 0.480 e. The molecule has 0 bridgehead atoms. The van der Waals surface area contributed by atoms with Crippen molar-refractivity contribution in [3.05, 3.63) is 83.5 Å². The fourth-order valence-corrected chi connectivity index (χ4v) is 5.61. The maximum Gasteiger partial charge on any atom is 0.263 e. The Bertz CT molecular complexity index is 1840. The van der Waals surface area contributed by atoms with E-state index in [0.717, 1.165) is 23.4 Å². The number of likely N-dealkylation sites (tertiary alicyclic amines) is 1. The summed E-state index contributed by atoms with van der Waals surface area (Å²) in [5.41, 5.74) is 2.24. The van der Waals surface area contributed by atoms with Crippen molar-refractivity contribution in [1.29, 1.82) is 0 Å². The third-order valence-electron chi connectivity index (χ3n) is 7.43. The summed E-state index contributed by atoms with van der Waals surface area (Å²) < 4.78 is 17.5. The highest BCUT2D eigenvalue weighted by Crippen LogP contribution is 2.42. The van der Waals surface area contributed by atoms with Gasteiger partial charge in [-0.15, -0.1) is 20.4 Å². The van der Waals surface area contributed by atoms with Gasteiger partial charge in [-0.25, -0.2) is 0 Å². The maximum atomic E-state index is 13.1. The number of aryl methyl sites for hydroxylation is 1. The first-order chi connectivity index (χ1) is 22.7. The van der Waals surface area contributed by atoms with Gasteiger partial charge >= 0.3 is 0 Å². The number of anilines is 2. The normalized spacial score (nSPS) is 15.5. The van der Waals surface area contributed by atoms with Crippen molar-refractivity contribution in [2.24, 2.45) is 0 Å². The van der Waals surface area contributed by atoms with Gasteiger partial charge in [0.15, 0.2) is 6.10 Å². The van der Waals surface area contributed by atoms with Crippen molar-refractivity contribution in [2.45, 2.75) is 38.2 Å². The Morgan fingerprint density at radius 3 is 2.32 bits per heavy atom. The summed E-state index contributed by atoms with van der Waals surface area (Å²) in [6, 6.07) is 15.9. The van der Waals surface area contributed by atoms with Crippen LogP contribution in [0.3, 0.4) is 0 Å². The summed E-state index contributed by atoms with van der Waals surface area (Å²) in [5.74, 6) is 2.13. The van der Waals surface area contributed by atoms with Crippen LogP contribution in [0.5, 0.6) is 17.2 Å². The van der Waals surface area contributed by atoms with Gasteiger partial charge in [0.05, 0.1) is 0 Å². The van der Waals surface area contributed by atoms with Crippen LogP contribution in [0.2, 0.25) is 0 Å². The quantitative estimate of drug-likeness (QED) is 0.212. The monoisotopic (exact) mass is 654 g/mol. The van der Waals surface area contributed by atoms with Crippen LogP contribution >= 0.6 is 11.3 Å². The van der Waals surface area contributed by atoms with E-state index in [1.54, 1.807) is 73.7 Å².